The van der Waals surface area contributed by atoms with E-state index < -0.39 is 0 Å². The van der Waals surface area contributed by atoms with Crippen LogP contribution < -0.4 is 4.74 Å². The summed E-state index contributed by atoms with van der Waals surface area (Å²) in [6.45, 7) is 1.44. The van der Waals surface area contributed by atoms with Crippen molar-refractivity contribution < 1.29 is 14.2 Å². The number of aromatic amines is 1. The maximum atomic E-state index is 6.58. The van der Waals surface area contributed by atoms with Gasteiger partial charge in [-0.1, -0.05) is 11.6 Å². The summed E-state index contributed by atoms with van der Waals surface area (Å²) in [6, 6.07) is 12.1. The van der Waals surface area contributed by atoms with Gasteiger partial charge >= 0.3 is 0 Å². The van der Waals surface area contributed by atoms with Gasteiger partial charge in [0.2, 0.25) is 0 Å². The molecule has 31 heavy (non-hydrogen) atoms. The maximum absolute atomic E-state index is 6.58. The summed E-state index contributed by atoms with van der Waals surface area (Å²) in [4.78, 5) is 12.3. The fourth-order valence-corrected chi connectivity index (χ4v) is 4.20. The van der Waals surface area contributed by atoms with E-state index in [2.05, 4.69) is 33.2 Å². The standard InChI is InChI=1S/C24H22ClN3O3/c1-29-18-5-16(9-26-11-18)19-6-15-7-22(28-23(15)8-20(19)25)14-3-4-21(27-10-14)24(30-2)17-12-31-13-17/h3-11,17,24,28H,12-13H2,1-2H3. The van der Waals surface area contributed by atoms with Crippen LogP contribution in [0.25, 0.3) is 33.3 Å². The Bertz CT molecular complexity index is 1220. The molecule has 158 valence electrons. The molecule has 1 fully saturated rings. The summed E-state index contributed by atoms with van der Waals surface area (Å²) in [5, 5.41) is 1.71. The number of aromatic nitrogens is 3. The van der Waals surface area contributed by atoms with Crippen molar-refractivity contribution in [3.05, 3.63) is 65.7 Å². The zero-order valence-corrected chi connectivity index (χ0v) is 18.0. The number of rotatable bonds is 6. The highest BCUT2D eigenvalue weighted by atomic mass is 35.5. The molecule has 1 N–H and O–H groups in total. The fourth-order valence-electron chi connectivity index (χ4n) is 3.93. The van der Waals surface area contributed by atoms with E-state index >= 15 is 0 Å². The lowest BCUT2D eigenvalue weighted by atomic mass is 9.97. The molecule has 1 unspecified atom stereocenters. The predicted molar refractivity (Wildman–Crippen MR) is 120 cm³/mol. The summed E-state index contributed by atoms with van der Waals surface area (Å²) in [6.07, 6.45) is 5.29. The van der Waals surface area contributed by atoms with E-state index in [-0.39, 0.29) is 6.10 Å². The Labute approximate surface area is 185 Å². The lowest BCUT2D eigenvalue weighted by Crippen LogP contribution is -2.34. The molecule has 3 aromatic heterocycles. The van der Waals surface area contributed by atoms with Gasteiger partial charge < -0.3 is 19.2 Å². The van der Waals surface area contributed by atoms with Crippen LogP contribution in [0.2, 0.25) is 5.02 Å². The van der Waals surface area contributed by atoms with Crippen LogP contribution in [0.3, 0.4) is 0 Å². The van der Waals surface area contributed by atoms with Crippen LogP contribution in [0.5, 0.6) is 5.75 Å². The van der Waals surface area contributed by atoms with Crippen LogP contribution in [0.15, 0.2) is 55.0 Å². The second-order valence-electron chi connectivity index (χ2n) is 7.64. The van der Waals surface area contributed by atoms with Crippen LogP contribution in [0.4, 0.5) is 0 Å². The first-order valence-electron chi connectivity index (χ1n) is 10.0. The van der Waals surface area contributed by atoms with Gasteiger partial charge in [0.25, 0.3) is 0 Å². The molecular formula is C24H22ClN3O3. The van der Waals surface area contributed by atoms with E-state index in [1.165, 1.54) is 0 Å². The minimum absolute atomic E-state index is 0.0386. The molecule has 6 nitrogen and oxygen atoms in total. The van der Waals surface area contributed by atoms with Crippen molar-refractivity contribution >= 4 is 22.5 Å². The first-order valence-corrected chi connectivity index (χ1v) is 10.4. The fraction of sp³-hybridized carbons (Fsp3) is 0.250. The topological polar surface area (TPSA) is 69.3 Å². The number of benzene rings is 1. The van der Waals surface area contributed by atoms with E-state index in [0.717, 1.165) is 52.2 Å². The number of hydrogen-bond acceptors (Lipinski definition) is 5. The van der Waals surface area contributed by atoms with E-state index in [0.29, 0.717) is 16.7 Å². The number of H-pyrrole nitrogens is 1. The zero-order valence-electron chi connectivity index (χ0n) is 17.3. The molecule has 1 saturated heterocycles. The Morgan fingerprint density at radius 3 is 2.61 bits per heavy atom. The normalized spacial score (nSPS) is 15.1. The molecule has 0 saturated carbocycles. The summed E-state index contributed by atoms with van der Waals surface area (Å²) < 4.78 is 16.2. The molecule has 5 rings (SSSR count). The number of nitrogens with one attached hydrogen (secondary N) is 1. The molecular weight excluding hydrogens is 414 g/mol. The van der Waals surface area contributed by atoms with Gasteiger partial charge in [0.1, 0.15) is 11.9 Å². The summed E-state index contributed by atoms with van der Waals surface area (Å²) in [5.41, 5.74) is 5.68. The van der Waals surface area contributed by atoms with Crippen molar-refractivity contribution in [2.75, 3.05) is 27.4 Å². The van der Waals surface area contributed by atoms with Crippen molar-refractivity contribution in [1.82, 2.24) is 15.0 Å². The lowest BCUT2D eigenvalue weighted by Gasteiger charge is -2.32. The van der Waals surface area contributed by atoms with Crippen LogP contribution in [-0.4, -0.2) is 42.4 Å². The molecule has 1 aromatic carbocycles. The van der Waals surface area contributed by atoms with Crippen molar-refractivity contribution in [3.8, 4) is 28.1 Å². The Hall–Kier alpha value is -2.93. The Balaban J connectivity index is 1.47. The molecule has 0 bridgehead atoms. The highest BCUT2D eigenvalue weighted by molar-refractivity contribution is 6.34. The molecule has 0 radical (unpaired) electrons. The molecule has 4 heterocycles. The third kappa shape index (κ3) is 3.78. The van der Waals surface area contributed by atoms with E-state index in [1.807, 2.05) is 24.4 Å². The van der Waals surface area contributed by atoms with Crippen LogP contribution in [0, 0.1) is 5.92 Å². The predicted octanol–water partition coefficient (Wildman–Crippen LogP) is 5.29. The average molecular weight is 436 g/mol. The highest BCUT2D eigenvalue weighted by Crippen LogP contribution is 2.35. The number of fused-ring (bicyclic) bond motifs is 1. The third-order valence-electron chi connectivity index (χ3n) is 5.70. The van der Waals surface area contributed by atoms with Crippen molar-refractivity contribution in [1.29, 1.82) is 0 Å². The number of methoxy groups -OCH3 is 2. The van der Waals surface area contributed by atoms with E-state index in [1.54, 1.807) is 26.6 Å². The van der Waals surface area contributed by atoms with Crippen LogP contribution in [0.1, 0.15) is 11.8 Å². The Morgan fingerprint density at radius 1 is 1.06 bits per heavy atom. The number of ether oxygens (including phenoxy) is 3. The van der Waals surface area contributed by atoms with Gasteiger partial charge in [-0.3, -0.25) is 9.97 Å². The molecule has 1 atom stereocenters. The molecule has 7 heteroatoms. The quantitative estimate of drug-likeness (QED) is 0.445. The molecule has 4 aromatic rings. The smallest absolute Gasteiger partial charge is 0.137 e. The largest absolute Gasteiger partial charge is 0.495 e. The third-order valence-corrected chi connectivity index (χ3v) is 6.02. The highest BCUT2D eigenvalue weighted by Gasteiger charge is 2.30. The summed E-state index contributed by atoms with van der Waals surface area (Å²) >= 11 is 6.58. The molecule has 0 aliphatic carbocycles. The lowest BCUT2D eigenvalue weighted by molar-refractivity contribution is -0.106. The van der Waals surface area contributed by atoms with Gasteiger partial charge in [0, 0.05) is 58.7 Å². The zero-order chi connectivity index (χ0) is 21.4. The van der Waals surface area contributed by atoms with Crippen molar-refractivity contribution in [2.24, 2.45) is 5.92 Å². The second-order valence-corrected chi connectivity index (χ2v) is 8.05. The van der Waals surface area contributed by atoms with E-state index in [9.17, 15) is 0 Å². The first-order chi connectivity index (χ1) is 15.2. The number of pyridine rings is 2. The Morgan fingerprint density at radius 2 is 1.94 bits per heavy atom. The SMILES string of the molecule is COc1cncc(-c2cc3cc(-c4ccc(C(OC)C5COC5)nc4)[nH]c3cc2Cl)c1. The second kappa shape index (κ2) is 8.30. The van der Waals surface area contributed by atoms with Gasteiger partial charge in [0.05, 0.1) is 37.2 Å². The summed E-state index contributed by atoms with van der Waals surface area (Å²) in [7, 11) is 3.34. The molecule has 1 aliphatic rings. The molecule has 1 aliphatic heterocycles. The first kappa shape index (κ1) is 20.0. The number of hydrogen-bond donors (Lipinski definition) is 1. The Kier molecular flexibility index (Phi) is 5.36. The van der Waals surface area contributed by atoms with Gasteiger partial charge in [-0.25, -0.2) is 0 Å². The minimum atomic E-state index is -0.0386. The van der Waals surface area contributed by atoms with Crippen LogP contribution in [-0.2, 0) is 9.47 Å². The van der Waals surface area contributed by atoms with Crippen molar-refractivity contribution in [2.45, 2.75) is 6.10 Å². The minimum Gasteiger partial charge on any atom is -0.495 e. The van der Waals surface area contributed by atoms with Crippen LogP contribution >= 0.6 is 11.6 Å². The number of halogens is 1. The van der Waals surface area contributed by atoms with E-state index in [4.69, 9.17) is 25.8 Å². The summed E-state index contributed by atoms with van der Waals surface area (Å²) in [5.74, 6) is 1.06. The van der Waals surface area contributed by atoms with Gasteiger partial charge in [0.15, 0.2) is 0 Å². The molecule has 0 amide bonds. The number of nitrogens with zero attached hydrogens (tertiary/aromatic N) is 2. The van der Waals surface area contributed by atoms with Gasteiger partial charge in [-0.15, -0.1) is 0 Å². The maximum Gasteiger partial charge on any atom is 0.137 e. The van der Waals surface area contributed by atoms with Crippen molar-refractivity contribution in [3.63, 3.8) is 0 Å². The molecule has 0 spiro atoms. The van der Waals surface area contributed by atoms with Gasteiger partial charge in [-0.2, -0.15) is 0 Å². The monoisotopic (exact) mass is 435 g/mol. The van der Waals surface area contributed by atoms with Gasteiger partial charge in [-0.05, 0) is 36.4 Å². The average Bonchev–Trinajstić information content (AvgIpc) is 3.18.